The summed E-state index contributed by atoms with van der Waals surface area (Å²) in [5.41, 5.74) is 4.65. The molecule has 1 atom stereocenters. The van der Waals surface area contributed by atoms with E-state index >= 15 is 0 Å². The number of rotatable bonds is 5. The van der Waals surface area contributed by atoms with Crippen molar-refractivity contribution in [3.8, 4) is 0 Å². The van der Waals surface area contributed by atoms with Crippen LogP contribution < -0.4 is 4.90 Å². The Labute approximate surface area is 172 Å². The van der Waals surface area contributed by atoms with Gasteiger partial charge in [0, 0.05) is 36.5 Å². The fraction of sp³-hybridized carbons (Fsp3) is 0.500. The lowest BCUT2D eigenvalue weighted by Crippen LogP contribution is -2.30. The van der Waals surface area contributed by atoms with Crippen molar-refractivity contribution in [2.75, 3.05) is 37.9 Å². The van der Waals surface area contributed by atoms with Gasteiger partial charge in [-0.15, -0.1) is 0 Å². The highest BCUT2D eigenvalue weighted by Crippen LogP contribution is 2.46. The first-order valence-electron chi connectivity index (χ1n) is 10.8. The predicted octanol–water partition coefficient (Wildman–Crippen LogP) is 4.19. The van der Waals surface area contributed by atoms with Gasteiger partial charge in [0.2, 0.25) is 5.79 Å². The van der Waals surface area contributed by atoms with Crippen LogP contribution >= 0.6 is 0 Å². The molecule has 5 rings (SSSR count). The Bertz CT molecular complexity index is 827. The average molecular weight is 395 g/mol. The van der Waals surface area contributed by atoms with Crippen molar-refractivity contribution in [3.05, 3.63) is 65.2 Å². The van der Waals surface area contributed by atoms with E-state index in [0.717, 1.165) is 50.1 Å². The lowest BCUT2D eigenvalue weighted by molar-refractivity contribution is -0.162. The first-order valence-corrected chi connectivity index (χ1v) is 10.8. The summed E-state index contributed by atoms with van der Waals surface area (Å²) >= 11 is 0. The largest absolute Gasteiger partial charge is 0.367 e. The second-order valence-corrected chi connectivity index (χ2v) is 7.93. The van der Waals surface area contributed by atoms with Crippen molar-refractivity contribution in [2.45, 2.75) is 44.3 Å². The first-order chi connectivity index (χ1) is 14.4. The van der Waals surface area contributed by atoms with Gasteiger partial charge in [-0.2, -0.15) is 0 Å². The van der Waals surface area contributed by atoms with Crippen LogP contribution in [0.3, 0.4) is 0 Å². The molecular formula is C24H29NO4. The molecule has 0 N–H and O–H groups in total. The van der Waals surface area contributed by atoms with E-state index in [0.29, 0.717) is 19.8 Å². The second kappa shape index (κ2) is 8.44. The molecule has 0 amide bonds. The quantitative estimate of drug-likeness (QED) is 0.710. The molecule has 5 heteroatoms. The summed E-state index contributed by atoms with van der Waals surface area (Å²) in [6.07, 6.45) is 4.28. The molecule has 29 heavy (non-hydrogen) atoms. The zero-order valence-electron chi connectivity index (χ0n) is 16.8. The minimum absolute atomic E-state index is 0.0237. The summed E-state index contributed by atoms with van der Waals surface area (Å²) < 4.78 is 24.2. The molecule has 1 spiro atoms. The van der Waals surface area contributed by atoms with E-state index in [4.69, 9.17) is 18.9 Å². The number of benzene rings is 2. The van der Waals surface area contributed by atoms with E-state index in [1.165, 1.54) is 17.7 Å². The van der Waals surface area contributed by atoms with E-state index in [1.54, 1.807) is 0 Å². The maximum absolute atomic E-state index is 6.28. The Morgan fingerprint density at radius 3 is 2.55 bits per heavy atom. The topological polar surface area (TPSA) is 40.2 Å². The zero-order valence-corrected chi connectivity index (χ0v) is 16.8. The van der Waals surface area contributed by atoms with Crippen molar-refractivity contribution in [1.82, 2.24) is 0 Å². The second-order valence-electron chi connectivity index (χ2n) is 7.93. The van der Waals surface area contributed by atoms with E-state index in [-0.39, 0.29) is 6.29 Å². The van der Waals surface area contributed by atoms with Crippen LogP contribution in [0.5, 0.6) is 0 Å². The Morgan fingerprint density at radius 2 is 1.72 bits per heavy atom. The van der Waals surface area contributed by atoms with Crippen LogP contribution in [0.1, 0.15) is 42.4 Å². The normalized spacial score (nSPS) is 22.9. The highest BCUT2D eigenvalue weighted by atomic mass is 16.7. The third kappa shape index (κ3) is 3.68. The maximum Gasteiger partial charge on any atom is 0.224 e. The third-order valence-corrected chi connectivity index (χ3v) is 6.04. The highest BCUT2D eigenvalue weighted by molar-refractivity contribution is 5.61. The molecule has 2 fully saturated rings. The molecule has 154 valence electrons. The molecule has 0 aliphatic carbocycles. The van der Waals surface area contributed by atoms with Crippen molar-refractivity contribution in [1.29, 1.82) is 0 Å². The van der Waals surface area contributed by atoms with Gasteiger partial charge in [-0.05, 0) is 37.3 Å². The van der Waals surface area contributed by atoms with Gasteiger partial charge in [0.15, 0.2) is 6.29 Å². The standard InChI is InChI=1S/C24H29NO4/c1-2-9-20-19(8-1)18-25(13-7-15-27-23-12-5-6-14-26-23)22-11-4-3-10-21(22)24(20)28-16-17-29-24/h1-4,8-11,23H,5-7,12-18H2. The van der Waals surface area contributed by atoms with Gasteiger partial charge < -0.3 is 23.8 Å². The van der Waals surface area contributed by atoms with Crippen molar-refractivity contribution >= 4 is 5.69 Å². The molecule has 2 aromatic rings. The van der Waals surface area contributed by atoms with E-state index < -0.39 is 5.79 Å². The Hall–Kier alpha value is -1.92. The summed E-state index contributed by atoms with van der Waals surface area (Å²) in [5.74, 6) is -0.797. The maximum atomic E-state index is 6.28. The van der Waals surface area contributed by atoms with Crippen LogP contribution in [-0.2, 0) is 31.3 Å². The summed E-state index contributed by atoms with van der Waals surface area (Å²) in [6.45, 7) is 4.50. The molecular weight excluding hydrogens is 366 g/mol. The number of para-hydroxylation sites is 1. The van der Waals surface area contributed by atoms with Gasteiger partial charge in [-0.1, -0.05) is 42.5 Å². The fourth-order valence-electron chi connectivity index (χ4n) is 4.68. The summed E-state index contributed by atoms with van der Waals surface area (Å²) in [7, 11) is 0. The number of hydrogen-bond acceptors (Lipinski definition) is 5. The van der Waals surface area contributed by atoms with Crippen LogP contribution in [0.4, 0.5) is 5.69 Å². The number of ether oxygens (including phenoxy) is 4. The number of hydrogen-bond donors (Lipinski definition) is 0. The summed E-state index contributed by atoms with van der Waals surface area (Å²) in [6, 6.07) is 17.0. The lowest BCUT2D eigenvalue weighted by atomic mass is 9.93. The number of fused-ring (bicyclic) bond motifs is 4. The molecule has 0 aromatic heterocycles. The number of nitrogens with zero attached hydrogens (tertiary/aromatic N) is 1. The van der Waals surface area contributed by atoms with Crippen LogP contribution in [0.25, 0.3) is 0 Å². The molecule has 1 unspecified atom stereocenters. The molecule has 5 nitrogen and oxygen atoms in total. The minimum Gasteiger partial charge on any atom is -0.367 e. The van der Waals surface area contributed by atoms with Crippen molar-refractivity contribution in [3.63, 3.8) is 0 Å². The molecule has 2 saturated heterocycles. The molecule has 0 saturated carbocycles. The SMILES string of the molecule is c1ccc2c(c1)CN(CCCOC1CCCCO1)c1ccccc1C21OCCO1. The zero-order chi connectivity index (χ0) is 19.5. The van der Waals surface area contributed by atoms with Crippen molar-refractivity contribution < 1.29 is 18.9 Å². The molecule has 3 heterocycles. The Kier molecular flexibility index (Phi) is 5.55. The molecule has 0 bridgehead atoms. The minimum atomic E-state index is -0.797. The van der Waals surface area contributed by atoms with Gasteiger partial charge in [-0.3, -0.25) is 0 Å². The van der Waals surface area contributed by atoms with E-state index in [9.17, 15) is 0 Å². The van der Waals surface area contributed by atoms with Crippen LogP contribution in [0.2, 0.25) is 0 Å². The van der Waals surface area contributed by atoms with Crippen LogP contribution in [0, 0.1) is 0 Å². The number of anilines is 1. The average Bonchev–Trinajstić information content (AvgIpc) is 3.24. The summed E-state index contributed by atoms with van der Waals surface area (Å²) in [5, 5.41) is 0. The van der Waals surface area contributed by atoms with Gasteiger partial charge in [0.1, 0.15) is 0 Å². The van der Waals surface area contributed by atoms with Crippen LogP contribution in [0.15, 0.2) is 48.5 Å². The monoisotopic (exact) mass is 395 g/mol. The first kappa shape index (κ1) is 19.1. The molecule has 2 aromatic carbocycles. The lowest BCUT2D eigenvalue weighted by Gasteiger charge is -2.30. The third-order valence-electron chi connectivity index (χ3n) is 6.04. The highest BCUT2D eigenvalue weighted by Gasteiger charge is 2.45. The molecule has 0 radical (unpaired) electrons. The van der Waals surface area contributed by atoms with Gasteiger partial charge >= 0.3 is 0 Å². The summed E-state index contributed by atoms with van der Waals surface area (Å²) in [4.78, 5) is 2.43. The Morgan fingerprint density at radius 1 is 0.931 bits per heavy atom. The fourth-order valence-corrected chi connectivity index (χ4v) is 4.68. The smallest absolute Gasteiger partial charge is 0.224 e. The van der Waals surface area contributed by atoms with E-state index in [1.807, 2.05) is 0 Å². The van der Waals surface area contributed by atoms with Gasteiger partial charge in [-0.25, -0.2) is 0 Å². The molecule has 3 aliphatic rings. The van der Waals surface area contributed by atoms with Crippen LogP contribution in [-0.4, -0.2) is 39.3 Å². The van der Waals surface area contributed by atoms with Gasteiger partial charge in [0.05, 0.1) is 19.8 Å². The van der Waals surface area contributed by atoms with Gasteiger partial charge in [0.25, 0.3) is 0 Å². The Balaban J connectivity index is 1.38. The molecule has 3 aliphatic heterocycles. The van der Waals surface area contributed by atoms with Crippen molar-refractivity contribution in [2.24, 2.45) is 0 Å². The predicted molar refractivity (Wildman–Crippen MR) is 111 cm³/mol. The van der Waals surface area contributed by atoms with E-state index in [2.05, 4.69) is 53.4 Å².